The first-order chi connectivity index (χ1) is 21.4. The fourth-order valence-corrected chi connectivity index (χ4v) is 5.46. The summed E-state index contributed by atoms with van der Waals surface area (Å²) in [4.78, 5) is 4.70. The topological polar surface area (TPSA) is 6.48 Å². The zero-order valence-corrected chi connectivity index (χ0v) is 26.8. The standard InChI is InChI=1S/C42H44N2/c1-6-9-32(2)11-8-31-43(38-12-7-10-33(3)13-22-38)39-27-18-36(19-28-39)37-20-29-42(30-21-37)44(40-23-14-34(4)15-24-40)41-25-16-35(5)17-26-41/h7-9,11-30H,6,10,31H2,1-5H3/b11-8-,32-9+. The van der Waals surface area contributed by atoms with Crippen molar-refractivity contribution in [2.24, 2.45) is 0 Å². The molecule has 0 fully saturated rings. The highest BCUT2D eigenvalue weighted by Crippen LogP contribution is 2.36. The molecule has 1 aliphatic rings. The maximum Gasteiger partial charge on any atom is 0.0462 e. The largest absolute Gasteiger partial charge is 0.338 e. The van der Waals surface area contributed by atoms with E-state index in [2.05, 4.69) is 184 Å². The van der Waals surface area contributed by atoms with E-state index in [-0.39, 0.29) is 0 Å². The van der Waals surface area contributed by atoms with E-state index in [1.165, 1.54) is 44.8 Å². The summed E-state index contributed by atoms with van der Waals surface area (Å²) >= 11 is 0. The van der Waals surface area contributed by atoms with E-state index < -0.39 is 0 Å². The molecule has 0 aromatic heterocycles. The lowest BCUT2D eigenvalue weighted by Gasteiger charge is -2.26. The number of hydrogen-bond acceptors (Lipinski definition) is 2. The third kappa shape index (κ3) is 7.76. The third-order valence-electron chi connectivity index (χ3n) is 8.00. The second-order valence-electron chi connectivity index (χ2n) is 11.7. The first kappa shape index (κ1) is 30.6. The Hall–Kier alpha value is -4.82. The highest BCUT2D eigenvalue weighted by molar-refractivity contribution is 5.78. The molecule has 0 saturated heterocycles. The lowest BCUT2D eigenvalue weighted by atomic mass is 10.0. The van der Waals surface area contributed by atoms with Gasteiger partial charge in [-0.3, -0.25) is 0 Å². The molecule has 0 N–H and O–H groups in total. The summed E-state index contributed by atoms with van der Waals surface area (Å²) < 4.78 is 0. The summed E-state index contributed by atoms with van der Waals surface area (Å²) in [5.41, 5.74) is 13.4. The van der Waals surface area contributed by atoms with Crippen molar-refractivity contribution in [1.29, 1.82) is 0 Å². The molecule has 4 aromatic rings. The molecule has 0 aliphatic heterocycles. The minimum atomic E-state index is 0.805. The molecule has 44 heavy (non-hydrogen) atoms. The van der Waals surface area contributed by atoms with Gasteiger partial charge in [0.1, 0.15) is 0 Å². The molecule has 0 amide bonds. The van der Waals surface area contributed by atoms with Gasteiger partial charge in [0, 0.05) is 35.0 Å². The van der Waals surface area contributed by atoms with Crippen molar-refractivity contribution in [2.45, 2.75) is 47.5 Å². The van der Waals surface area contributed by atoms with Crippen LogP contribution in [0.3, 0.4) is 0 Å². The minimum Gasteiger partial charge on any atom is -0.338 e. The van der Waals surface area contributed by atoms with Gasteiger partial charge in [-0.15, -0.1) is 0 Å². The van der Waals surface area contributed by atoms with Crippen molar-refractivity contribution in [3.8, 4) is 11.1 Å². The number of anilines is 4. The Labute approximate surface area is 264 Å². The van der Waals surface area contributed by atoms with Crippen molar-refractivity contribution < 1.29 is 0 Å². The number of nitrogens with zero attached hydrogens (tertiary/aromatic N) is 2. The van der Waals surface area contributed by atoms with Gasteiger partial charge in [0.15, 0.2) is 0 Å². The van der Waals surface area contributed by atoms with Crippen LogP contribution >= 0.6 is 0 Å². The van der Waals surface area contributed by atoms with Crippen LogP contribution in [0.15, 0.2) is 156 Å². The van der Waals surface area contributed by atoms with Crippen molar-refractivity contribution >= 4 is 22.7 Å². The highest BCUT2D eigenvalue weighted by Gasteiger charge is 2.14. The summed E-state index contributed by atoms with van der Waals surface area (Å²) in [6.07, 6.45) is 17.8. The van der Waals surface area contributed by atoms with Crippen molar-refractivity contribution in [1.82, 2.24) is 0 Å². The van der Waals surface area contributed by atoms with Gasteiger partial charge in [-0.2, -0.15) is 0 Å². The van der Waals surface area contributed by atoms with Gasteiger partial charge in [0.05, 0.1) is 0 Å². The smallest absolute Gasteiger partial charge is 0.0462 e. The van der Waals surface area contributed by atoms with E-state index in [0.29, 0.717) is 0 Å². The average Bonchev–Trinajstić information content (AvgIpc) is 3.26. The predicted octanol–water partition coefficient (Wildman–Crippen LogP) is 11.9. The Balaban J connectivity index is 1.42. The highest BCUT2D eigenvalue weighted by atomic mass is 15.1. The van der Waals surface area contributed by atoms with Crippen molar-refractivity contribution in [2.75, 3.05) is 16.3 Å². The van der Waals surface area contributed by atoms with E-state index in [1.54, 1.807) is 0 Å². The van der Waals surface area contributed by atoms with Crippen LogP contribution in [0.5, 0.6) is 0 Å². The fourth-order valence-electron chi connectivity index (χ4n) is 5.46. The van der Waals surface area contributed by atoms with Gasteiger partial charge in [0.2, 0.25) is 0 Å². The Morgan fingerprint density at radius 1 is 0.659 bits per heavy atom. The number of hydrogen-bond donors (Lipinski definition) is 0. The first-order valence-electron chi connectivity index (χ1n) is 15.7. The zero-order valence-electron chi connectivity index (χ0n) is 26.8. The lowest BCUT2D eigenvalue weighted by molar-refractivity contribution is 1.04. The van der Waals surface area contributed by atoms with Crippen LogP contribution in [-0.2, 0) is 0 Å². The number of aryl methyl sites for hydroxylation is 2. The quantitative estimate of drug-likeness (QED) is 0.173. The predicted molar refractivity (Wildman–Crippen MR) is 192 cm³/mol. The number of allylic oxidation sites excluding steroid dienone is 8. The maximum atomic E-state index is 2.38. The van der Waals surface area contributed by atoms with Gasteiger partial charge in [0.25, 0.3) is 0 Å². The molecule has 0 heterocycles. The molecule has 0 spiro atoms. The molecule has 222 valence electrons. The molecule has 1 aliphatic carbocycles. The van der Waals surface area contributed by atoms with Crippen molar-refractivity contribution in [3.63, 3.8) is 0 Å². The molecule has 5 rings (SSSR count). The Morgan fingerprint density at radius 3 is 1.68 bits per heavy atom. The molecule has 0 saturated carbocycles. The minimum absolute atomic E-state index is 0.805. The van der Waals surface area contributed by atoms with E-state index in [0.717, 1.165) is 36.4 Å². The van der Waals surface area contributed by atoms with Crippen LogP contribution in [0.1, 0.15) is 44.7 Å². The van der Waals surface area contributed by atoms with E-state index >= 15 is 0 Å². The summed E-state index contributed by atoms with van der Waals surface area (Å²) in [6.45, 7) is 11.6. The second-order valence-corrected chi connectivity index (χ2v) is 11.7. The Kier molecular flexibility index (Phi) is 10.1. The lowest BCUT2D eigenvalue weighted by Crippen LogP contribution is -2.21. The zero-order chi connectivity index (χ0) is 30.9. The van der Waals surface area contributed by atoms with Crippen LogP contribution in [0.4, 0.5) is 22.7 Å². The summed E-state index contributed by atoms with van der Waals surface area (Å²) in [5, 5.41) is 0. The van der Waals surface area contributed by atoms with Crippen molar-refractivity contribution in [3.05, 3.63) is 168 Å². The molecule has 2 nitrogen and oxygen atoms in total. The van der Waals surface area contributed by atoms with Crippen LogP contribution < -0.4 is 9.80 Å². The van der Waals surface area contributed by atoms with Crippen LogP contribution in [0.2, 0.25) is 0 Å². The summed E-state index contributed by atoms with van der Waals surface area (Å²) in [7, 11) is 0. The molecule has 0 radical (unpaired) electrons. The SMILES string of the molecule is CC/C=C(C)/C=C\CN(C1=CC=C(C)CC=C1)c1ccc(-c2ccc(N(c3ccc(C)cc3)c3ccc(C)cc3)cc2)cc1. The fraction of sp³-hybridized carbons (Fsp3) is 0.190. The molecule has 0 unspecified atom stereocenters. The number of benzene rings is 4. The molecule has 0 atom stereocenters. The van der Waals surface area contributed by atoms with E-state index in [9.17, 15) is 0 Å². The molecule has 2 heteroatoms. The van der Waals surface area contributed by atoms with Gasteiger partial charge in [-0.1, -0.05) is 108 Å². The molecule has 4 aromatic carbocycles. The first-order valence-corrected chi connectivity index (χ1v) is 15.7. The van der Waals surface area contributed by atoms with E-state index in [1.807, 2.05) is 0 Å². The number of rotatable bonds is 10. The molecular formula is C42H44N2. The summed E-state index contributed by atoms with van der Waals surface area (Å²) in [5.74, 6) is 0. The maximum absolute atomic E-state index is 2.38. The Morgan fingerprint density at radius 2 is 1.16 bits per heavy atom. The van der Waals surface area contributed by atoms with Crippen LogP contribution in [-0.4, -0.2) is 6.54 Å². The van der Waals surface area contributed by atoms with Gasteiger partial charge in [-0.25, -0.2) is 0 Å². The van der Waals surface area contributed by atoms with Crippen LogP contribution in [0, 0.1) is 13.8 Å². The van der Waals surface area contributed by atoms with Gasteiger partial charge in [-0.05, 0) is 112 Å². The second kappa shape index (κ2) is 14.6. The average molecular weight is 577 g/mol. The third-order valence-corrected chi connectivity index (χ3v) is 8.00. The van der Waals surface area contributed by atoms with Gasteiger partial charge >= 0.3 is 0 Å². The Bertz CT molecular complexity index is 1630. The molecular weight excluding hydrogens is 532 g/mol. The summed E-state index contributed by atoms with van der Waals surface area (Å²) in [6, 6.07) is 35.3. The molecule has 0 bridgehead atoms. The monoisotopic (exact) mass is 576 g/mol. The van der Waals surface area contributed by atoms with E-state index in [4.69, 9.17) is 0 Å². The van der Waals surface area contributed by atoms with Gasteiger partial charge < -0.3 is 9.80 Å². The van der Waals surface area contributed by atoms with Crippen LogP contribution in [0.25, 0.3) is 11.1 Å². The normalized spacial score (nSPS) is 13.4.